The average Bonchev–Trinajstić information content (AvgIpc) is 3.14. The Morgan fingerprint density at radius 3 is 2.67 bits per heavy atom. The summed E-state index contributed by atoms with van der Waals surface area (Å²) in [6.07, 6.45) is -4.44. The molecule has 0 aliphatic carbocycles. The normalized spacial score (nSPS) is 11.7. The van der Waals surface area contributed by atoms with Gasteiger partial charge in [0, 0.05) is 6.92 Å². The molecule has 24 heavy (non-hydrogen) atoms. The van der Waals surface area contributed by atoms with Crippen LogP contribution in [-0.2, 0) is 11.9 Å². The number of nitrogens with zero attached hydrogens (tertiary/aromatic N) is 4. The zero-order chi connectivity index (χ0) is 17.2. The minimum absolute atomic E-state index is 0.0646. The molecule has 126 valence electrons. The van der Waals surface area contributed by atoms with Crippen molar-refractivity contribution in [1.82, 2.24) is 20.4 Å². The molecule has 1 N–H and O–H groups in total. The van der Waals surface area contributed by atoms with Crippen molar-refractivity contribution in [2.45, 2.75) is 23.2 Å². The van der Waals surface area contributed by atoms with Crippen molar-refractivity contribution in [3.63, 3.8) is 0 Å². The average molecular weight is 373 g/mol. The van der Waals surface area contributed by atoms with E-state index in [4.69, 9.17) is 4.42 Å². The number of alkyl halides is 3. The van der Waals surface area contributed by atoms with E-state index in [1.807, 2.05) is 0 Å². The molecule has 0 aliphatic heterocycles. The van der Waals surface area contributed by atoms with E-state index in [0.717, 1.165) is 17.4 Å². The number of halogens is 3. The molecule has 1 aromatic carbocycles. The van der Waals surface area contributed by atoms with Gasteiger partial charge in [0.1, 0.15) is 0 Å². The molecule has 11 heteroatoms. The van der Waals surface area contributed by atoms with Crippen LogP contribution in [0.15, 0.2) is 33.0 Å². The lowest BCUT2D eigenvalue weighted by Gasteiger charge is -2.12. The lowest BCUT2D eigenvalue weighted by Crippen LogP contribution is -2.08. The second kappa shape index (κ2) is 6.77. The van der Waals surface area contributed by atoms with E-state index in [1.165, 1.54) is 30.0 Å². The summed E-state index contributed by atoms with van der Waals surface area (Å²) in [6.45, 7) is 1.69. The summed E-state index contributed by atoms with van der Waals surface area (Å²) in [5, 5.41) is 18.3. The molecule has 6 nitrogen and oxygen atoms in total. The molecular weight excluding hydrogens is 363 g/mol. The first-order valence-electron chi connectivity index (χ1n) is 6.60. The highest BCUT2D eigenvalue weighted by molar-refractivity contribution is 8.00. The van der Waals surface area contributed by atoms with Crippen LogP contribution in [0.1, 0.15) is 17.3 Å². The molecule has 0 fully saturated rings. The van der Waals surface area contributed by atoms with Crippen LogP contribution < -0.4 is 5.32 Å². The van der Waals surface area contributed by atoms with Crippen LogP contribution in [0.25, 0.3) is 0 Å². The molecule has 2 aromatic heterocycles. The van der Waals surface area contributed by atoms with E-state index >= 15 is 0 Å². The fourth-order valence-electron chi connectivity index (χ4n) is 1.79. The summed E-state index contributed by atoms with van der Waals surface area (Å²) in [4.78, 5) is 0. The van der Waals surface area contributed by atoms with Crippen molar-refractivity contribution in [3.05, 3.63) is 41.6 Å². The number of hydrogen-bond donors (Lipinski definition) is 1. The van der Waals surface area contributed by atoms with Gasteiger partial charge in [0.15, 0.2) is 4.34 Å². The van der Waals surface area contributed by atoms with Crippen LogP contribution >= 0.6 is 23.1 Å². The minimum atomic E-state index is -4.44. The SMILES string of the molecule is Cc1nnc(CSc2nnc(Nc3ccccc3C(F)(F)F)s2)o1. The van der Waals surface area contributed by atoms with Crippen molar-refractivity contribution in [3.8, 4) is 0 Å². The van der Waals surface area contributed by atoms with Gasteiger partial charge in [-0.1, -0.05) is 35.2 Å². The van der Waals surface area contributed by atoms with E-state index in [1.54, 1.807) is 6.92 Å². The molecule has 2 heterocycles. The van der Waals surface area contributed by atoms with Gasteiger partial charge in [-0.05, 0) is 12.1 Å². The highest BCUT2D eigenvalue weighted by Gasteiger charge is 2.33. The second-order valence-electron chi connectivity index (χ2n) is 4.54. The van der Waals surface area contributed by atoms with Gasteiger partial charge in [0.2, 0.25) is 16.9 Å². The third-order valence-electron chi connectivity index (χ3n) is 2.77. The predicted molar refractivity (Wildman–Crippen MR) is 83.2 cm³/mol. The fourth-order valence-corrected chi connectivity index (χ4v) is 3.39. The first-order chi connectivity index (χ1) is 11.4. The highest BCUT2D eigenvalue weighted by Crippen LogP contribution is 2.37. The van der Waals surface area contributed by atoms with Crippen LogP contribution in [0.2, 0.25) is 0 Å². The lowest BCUT2D eigenvalue weighted by molar-refractivity contribution is -0.136. The first-order valence-corrected chi connectivity index (χ1v) is 8.40. The molecule has 0 aliphatic rings. The van der Waals surface area contributed by atoms with Gasteiger partial charge in [-0.15, -0.1) is 20.4 Å². The van der Waals surface area contributed by atoms with Crippen LogP contribution in [0.4, 0.5) is 24.0 Å². The Balaban J connectivity index is 1.68. The molecule has 0 bridgehead atoms. The Kier molecular flexibility index (Phi) is 4.71. The zero-order valence-electron chi connectivity index (χ0n) is 12.2. The number of aromatic nitrogens is 4. The van der Waals surface area contributed by atoms with Crippen molar-refractivity contribution in [2.75, 3.05) is 5.32 Å². The Labute approximate surface area is 142 Å². The number of nitrogens with one attached hydrogen (secondary N) is 1. The van der Waals surface area contributed by atoms with Crippen molar-refractivity contribution >= 4 is 33.9 Å². The largest absolute Gasteiger partial charge is 0.425 e. The summed E-state index contributed by atoms with van der Waals surface area (Å²) >= 11 is 2.46. The molecule has 0 spiro atoms. The molecule has 0 amide bonds. The van der Waals surface area contributed by atoms with Crippen LogP contribution in [0.5, 0.6) is 0 Å². The van der Waals surface area contributed by atoms with Crippen LogP contribution in [-0.4, -0.2) is 20.4 Å². The summed E-state index contributed by atoms with van der Waals surface area (Å²) in [6, 6.07) is 5.21. The topological polar surface area (TPSA) is 76.7 Å². The molecule has 3 rings (SSSR count). The fraction of sp³-hybridized carbons (Fsp3) is 0.231. The molecule has 0 atom stereocenters. The van der Waals surface area contributed by atoms with Crippen molar-refractivity contribution in [1.29, 1.82) is 0 Å². The van der Waals surface area contributed by atoms with Gasteiger partial charge < -0.3 is 9.73 Å². The van der Waals surface area contributed by atoms with Crippen molar-refractivity contribution < 1.29 is 17.6 Å². The third kappa shape index (κ3) is 4.03. The molecule has 0 unspecified atom stereocenters. The summed E-state index contributed by atoms with van der Waals surface area (Å²) in [7, 11) is 0. The monoisotopic (exact) mass is 373 g/mol. The smallest absolute Gasteiger partial charge is 0.418 e. The number of para-hydroxylation sites is 1. The number of anilines is 2. The third-order valence-corrected chi connectivity index (χ3v) is 4.72. The second-order valence-corrected chi connectivity index (χ2v) is 6.74. The van der Waals surface area contributed by atoms with Crippen molar-refractivity contribution in [2.24, 2.45) is 0 Å². The minimum Gasteiger partial charge on any atom is -0.425 e. The lowest BCUT2D eigenvalue weighted by atomic mass is 10.2. The summed E-state index contributed by atoms with van der Waals surface area (Å²) < 4.78 is 44.7. The van der Waals surface area contributed by atoms with Gasteiger partial charge in [0.25, 0.3) is 0 Å². The number of aryl methyl sites for hydroxylation is 1. The summed E-state index contributed by atoms with van der Waals surface area (Å²) in [5.41, 5.74) is -0.819. The molecular formula is C13H10F3N5OS2. The van der Waals surface area contributed by atoms with Crippen LogP contribution in [0.3, 0.4) is 0 Å². The van der Waals surface area contributed by atoms with Gasteiger partial charge >= 0.3 is 6.18 Å². The Bertz CT molecular complexity index is 833. The zero-order valence-corrected chi connectivity index (χ0v) is 13.8. The van der Waals surface area contributed by atoms with E-state index in [-0.39, 0.29) is 10.8 Å². The number of benzene rings is 1. The standard InChI is InChI=1S/C13H10F3N5OS2/c1-7-18-19-10(22-7)6-23-12-21-20-11(24-12)17-9-5-3-2-4-8(9)13(14,15)16/h2-5H,6H2,1H3,(H,17,20). The van der Waals surface area contributed by atoms with Gasteiger partial charge in [-0.3, -0.25) is 0 Å². The molecule has 0 saturated heterocycles. The molecule has 0 radical (unpaired) electrons. The number of thioether (sulfide) groups is 1. The quantitative estimate of drug-likeness (QED) is 0.669. The maximum Gasteiger partial charge on any atom is 0.418 e. The molecule has 3 aromatic rings. The number of hydrogen-bond acceptors (Lipinski definition) is 8. The maximum absolute atomic E-state index is 13.0. The van der Waals surface area contributed by atoms with Gasteiger partial charge in [-0.25, -0.2) is 0 Å². The Hall–Kier alpha value is -2.14. The van der Waals surface area contributed by atoms with E-state index in [9.17, 15) is 13.2 Å². The van der Waals surface area contributed by atoms with Gasteiger partial charge in [0.05, 0.1) is 17.0 Å². The van der Waals surface area contributed by atoms with Crippen LogP contribution in [0, 0.1) is 6.92 Å². The molecule has 0 saturated carbocycles. The van der Waals surface area contributed by atoms with E-state index in [2.05, 4.69) is 25.7 Å². The highest BCUT2D eigenvalue weighted by atomic mass is 32.2. The predicted octanol–water partition coefficient (Wildman–Crippen LogP) is 4.28. The Morgan fingerprint density at radius 1 is 1.17 bits per heavy atom. The number of rotatable bonds is 5. The Morgan fingerprint density at radius 2 is 1.96 bits per heavy atom. The van der Waals surface area contributed by atoms with E-state index < -0.39 is 11.7 Å². The summed E-state index contributed by atoms with van der Waals surface area (Å²) in [5.74, 6) is 1.33. The first kappa shape index (κ1) is 16.7. The van der Waals surface area contributed by atoms with E-state index in [0.29, 0.717) is 21.9 Å². The maximum atomic E-state index is 13.0. The van der Waals surface area contributed by atoms with Gasteiger partial charge in [-0.2, -0.15) is 13.2 Å².